The molecular weight excluding hydrogens is 292 g/mol. The summed E-state index contributed by atoms with van der Waals surface area (Å²) < 4.78 is 5.16. The molecule has 0 aliphatic rings. The van der Waals surface area contributed by atoms with Gasteiger partial charge in [0, 0.05) is 18.4 Å². The summed E-state index contributed by atoms with van der Waals surface area (Å²) in [5, 5.41) is 0. The molecule has 1 aromatic rings. The minimum atomic E-state index is -0.370. The number of Topliss-reactive ketones (excluding diaryl/α,β-unsaturated/α-hetero) is 1. The topological polar surface area (TPSA) is 60.4 Å². The molecule has 0 radical (unpaired) electrons. The van der Waals surface area contributed by atoms with Crippen LogP contribution >= 0.6 is 0 Å². The zero-order valence-corrected chi connectivity index (χ0v) is 14.1. The van der Waals surface area contributed by atoms with E-state index in [-0.39, 0.29) is 23.1 Å². The van der Waals surface area contributed by atoms with E-state index in [1.165, 1.54) is 25.0 Å². The summed E-state index contributed by atoms with van der Waals surface area (Å²) in [4.78, 5) is 34.9. The Labute approximate surface area is 138 Å². The van der Waals surface area contributed by atoms with E-state index in [4.69, 9.17) is 4.74 Å². The molecule has 4 nitrogen and oxygen atoms in total. The van der Waals surface area contributed by atoms with E-state index in [1.807, 2.05) is 6.92 Å². The number of unbranched alkanes of at least 4 members (excludes halogenated alkanes) is 4. The van der Waals surface area contributed by atoms with Crippen LogP contribution in [-0.2, 0) is 4.79 Å². The van der Waals surface area contributed by atoms with Crippen LogP contribution in [0.15, 0.2) is 18.2 Å². The maximum Gasteiger partial charge on any atom is 0.311 e. The van der Waals surface area contributed by atoms with E-state index in [9.17, 15) is 14.4 Å². The van der Waals surface area contributed by atoms with Gasteiger partial charge in [-0.1, -0.05) is 39.5 Å². The Morgan fingerprint density at radius 1 is 1.00 bits per heavy atom. The fraction of sp³-hybridized carbons (Fsp3) is 0.526. The molecule has 0 atom stereocenters. The molecule has 0 heterocycles. The Bertz CT molecular complexity index is 534. The Morgan fingerprint density at radius 3 is 2.39 bits per heavy atom. The molecule has 0 N–H and O–H groups in total. The zero-order valence-electron chi connectivity index (χ0n) is 14.1. The van der Waals surface area contributed by atoms with Crippen LogP contribution in [0.3, 0.4) is 0 Å². The maximum atomic E-state index is 12.2. The molecule has 0 fully saturated rings. The lowest BCUT2D eigenvalue weighted by molar-refractivity contribution is -0.134. The van der Waals surface area contributed by atoms with Crippen molar-refractivity contribution in [3.05, 3.63) is 29.3 Å². The maximum absolute atomic E-state index is 12.2. The Hall–Kier alpha value is -1.97. The van der Waals surface area contributed by atoms with Gasteiger partial charge in [-0.15, -0.1) is 0 Å². The van der Waals surface area contributed by atoms with Gasteiger partial charge in [0.15, 0.2) is 12.1 Å². The average Bonchev–Trinajstić information content (AvgIpc) is 2.55. The van der Waals surface area contributed by atoms with Crippen LogP contribution in [0.2, 0.25) is 0 Å². The van der Waals surface area contributed by atoms with Crippen molar-refractivity contribution < 1.29 is 19.1 Å². The van der Waals surface area contributed by atoms with E-state index >= 15 is 0 Å². The van der Waals surface area contributed by atoms with Gasteiger partial charge in [-0.2, -0.15) is 0 Å². The van der Waals surface area contributed by atoms with Crippen molar-refractivity contribution in [2.75, 3.05) is 0 Å². The molecule has 23 heavy (non-hydrogen) atoms. The van der Waals surface area contributed by atoms with Crippen molar-refractivity contribution in [3.63, 3.8) is 0 Å². The van der Waals surface area contributed by atoms with E-state index < -0.39 is 0 Å². The first kappa shape index (κ1) is 19.1. The third kappa shape index (κ3) is 6.76. The quantitative estimate of drug-likeness (QED) is 0.194. The fourth-order valence-electron chi connectivity index (χ4n) is 2.32. The molecule has 1 rings (SSSR count). The molecule has 0 bridgehead atoms. The van der Waals surface area contributed by atoms with Gasteiger partial charge >= 0.3 is 5.97 Å². The normalized spacial score (nSPS) is 10.3. The summed E-state index contributed by atoms with van der Waals surface area (Å²) in [6.45, 7) is 4.03. The molecule has 0 aliphatic carbocycles. The summed E-state index contributed by atoms with van der Waals surface area (Å²) in [6.07, 6.45) is 7.52. The van der Waals surface area contributed by atoms with Crippen LogP contribution in [0, 0.1) is 0 Å². The van der Waals surface area contributed by atoms with Gasteiger partial charge in [0.05, 0.1) is 5.56 Å². The monoisotopic (exact) mass is 318 g/mol. The van der Waals surface area contributed by atoms with Crippen molar-refractivity contribution in [1.82, 2.24) is 0 Å². The lowest BCUT2D eigenvalue weighted by Gasteiger charge is -2.08. The van der Waals surface area contributed by atoms with Gasteiger partial charge < -0.3 is 4.74 Å². The molecular formula is C19H26O4. The molecule has 126 valence electrons. The van der Waals surface area contributed by atoms with Crippen molar-refractivity contribution in [2.45, 2.75) is 65.2 Å². The van der Waals surface area contributed by atoms with Crippen molar-refractivity contribution in [1.29, 1.82) is 0 Å². The van der Waals surface area contributed by atoms with Crippen LogP contribution in [-0.4, -0.2) is 18.0 Å². The van der Waals surface area contributed by atoms with Crippen molar-refractivity contribution in [3.8, 4) is 5.75 Å². The van der Waals surface area contributed by atoms with Crippen molar-refractivity contribution >= 4 is 18.0 Å². The summed E-state index contributed by atoms with van der Waals surface area (Å²) in [5.41, 5.74) is 0.740. The minimum absolute atomic E-state index is 0.0241. The van der Waals surface area contributed by atoms with E-state index in [1.54, 1.807) is 6.07 Å². The Morgan fingerprint density at radius 2 is 1.74 bits per heavy atom. The second-order valence-electron chi connectivity index (χ2n) is 5.68. The van der Waals surface area contributed by atoms with Gasteiger partial charge in [0.1, 0.15) is 5.75 Å². The standard InChI is InChI=1S/C19H26O4/c1-3-5-6-7-8-10-17(21)15-11-12-18(16(13-15)14-20)23-19(22)9-4-2/h11-14H,3-10H2,1-2H3. The highest BCUT2D eigenvalue weighted by atomic mass is 16.5. The Kier molecular flexibility index (Phi) is 8.88. The van der Waals surface area contributed by atoms with E-state index in [0.717, 1.165) is 19.3 Å². The molecule has 0 saturated heterocycles. The molecule has 4 heteroatoms. The zero-order chi connectivity index (χ0) is 17.1. The van der Waals surface area contributed by atoms with Crippen LogP contribution in [0.25, 0.3) is 0 Å². The van der Waals surface area contributed by atoms with E-state index in [0.29, 0.717) is 31.1 Å². The summed E-state index contributed by atoms with van der Waals surface area (Å²) in [7, 11) is 0. The summed E-state index contributed by atoms with van der Waals surface area (Å²) in [6, 6.07) is 4.66. The Balaban J connectivity index is 2.65. The number of carbonyl (C=O) groups excluding carboxylic acids is 3. The predicted molar refractivity (Wildman–Crippen MR) is 90.1 cm³/mol. The molecule has 0 aliphatic heterocycles. The number of ketones is 1. The summed E-state index contributed by atoms with van der Waals surface area (Å²) in [5.74, 6) is -0.125. The van der Waals surface area contributed by atoms with Gasteiger partial charge in [0.2, 0.25) is 0 Å². The third-order valence-electron chi connectivity index (χ3n) is 3.64. The smallest absolute Gasteiger partial charge is 0.311 e. The number of rotatable bonds is 11. The number of hydrogen-bond acceptors (Lipinski definition) is 4. The lowest BCUT2D eigenvalue weighted by atomic mass is 10.0. The first-order valence-corrected chi connectivity index (χ1v) is 8.45. The molecule has 0 unspecified atom stereocenters. The number of carbonyl (C=O) groups is 3. The van der Waals surface area contributed by atoms with Crippen LogP contribution in [0.5, 0.6) is 5.75 Å². The first-order valence-electron chi connectivity index (χ1n) is 8.45. The molecule has 0 amide bonds. The largest absolute Gasteiger partial charge is 0.426 e. The van der Waals surface area contributed by atoms with Crippen LogP contribution in [0.4, 0.5) is 0 Å². The van der Waals surface area contributed by atoms with Gasteiger partial charge in [-0.05, 0) is 31.0 Å². The number of benzene rings is 1. The fourth-order valence-corrected chi connectivity index (χ4v) is 2.32. The van der Waals surface area contributed by atoms with Crippen LogP contribution < -0.4 is 4.74 Å². The second kappa shape index (κ2) is 10.7. The minimum Gasteiger partial charge on any atom is -0.426 e. The molecule has 0 saturated carbocycles. The molecule has 0 spiro atoms. The number of aldehydes is 1. The van der Waals surface area contributed by atoms with E-state index in [2.05, 4.69) is 6.92 Å². The second-order valence-corrected chi connectivity index (χ2v) is 5.68. The number of esters is 1. The van der Waals surface area contributed by atoms with Gasteiger partial charge in [0.25, 0.3) is 0 Å². The third-order valence-corrected chi connectivity index (χ3v) is 3.64. The molecule has 0 aromatic heterocycles. The highest BCUT2D eigenvalue weighted by Gasteiger charge is 2.12. The molecule has 1 aromatic carbocycles. The SMILES string of the molecule is CCCCCCCC(=O)c1ccc(OC(=O)CCC)c(C=O)c1. The lowest BCUT2D eigenvalue weighted by Crippen LogP contribution is -2.09. The predicted octanol–water partition coefficient (Wildman–Crippen LogP) is 4.75. The van der Waals surface area contributed by atoms with Crippen molar-refractivity contribution in [2.24, 2.45) is 0 Å². The summed E-state index contributed by atoms with van der Waals surface area (Å²) >= 11 is 0. The van der Waals surface area contributed by atoms with Crippen LogP contribution in [0.1, 0.15) is 85.9 Å². The number of ether oxygens (including phenoxy) is 1. The average molecular weight is 318 g/mol. The highest BCUT2D eigenvalue weighted by Crippen LogP contribution is 2.21. The van der Waals surface area contributed by atoms with Gasteiger partial charge in [-0.3, -0.25) is 14.4 Å². The van der Waals surface area contributed by atoms with Gasteiger partial charge in [-0.25, -0.2) is 0 Å². The number of hydrogen-bond donors (Lipinski definition) is 0. The highest BCUT2D eigenvalue weighted by molar-refractivity contribution is 5.98. The first-order chi connectivity index (χ1) is 11.1.